The summed E-state index contributed by atoms with van der Waals surface area (Å²) in [6.07, 6.45) is 3.24. The molecule has 0 fully saturated rings. The number of fused-ring (bicyclic) bond motifs is 1. The molecule has 0 spiro atoms. The molecule has 0 atom stereocenters. The zero-order chi connectivity index (χ0) is 12.4. The van der Waals surface area contributed by atoms with Crippen molar-refractivity contribution in [2.24, 2.45) is 0 Å². The van der Waals surface area contributed by atoms with E-state index < -0.39 is 0 Å². The van der Waals surface area contributed by atoms with Crippen molar-refractivity contribution >= 4 is 28.2 Å². The van der Waals surface area contributed by atoms with Gasteiger partial charge in [0.2, 0.25) is 0 Å². The Morgan fingerprint density at radius 3 is 3.00 bits per heavy atom. The number of aromatic amines is 1. The van der Waals surface area contributed by atoms with E-state index in [0.717, 1.165) is 22.4 Å². The van der Waals surface area contributed by atoms with E-state index >= 15 is 0 Å². The second kappa shape index (κ2) is 4.62. The van der Waals surface area contributed by atoms with Crippen molar-refractivity contribution in [2.45, 2.75) is 6.54 Å². The number of anilines is 1. The fraction of sp³-hybridized carbons (Fsp3) is 0.0833. The third-order valence-electron chi connectivity index (χ3n) is 2.62. The number of aromatic nitrogens is 4. The maximum Gasteiger partial charge on any atom is 0.143 e. The smallest absolute Gasteiger partial charge is 0.143 e. The van der Waals surface area contributed by atoms with E-state index in [-0.39, 0.29) is 0 Å². The van der Waals surface area contributed by atoms with Crippen molar-refractivity contribution in [3.05, 3.63) is 47.6 Å². The highest BCUT2D eigenvalue weighted by Crippen LogP contribution is 2.24. The molecular formula is C12H10ClN5. The van der Waals surface area contributed by atoms with Crippen molar-refractivity contribution < 1.29 is 0 Å². The minimum atomic E-state index is 0.585. The Kier molecular flexibility index (Phi) is 2.82. The number of nitrogens with one attached hydrogen (secondary N) is 2. The highest BCUT2D eigenvalue weighted by atomic mass is 35.5. The molecule has 0 amide bonds. The van der Waals surface area contributed by atoms with E-state index in [1.807, 2.05) is 24.3 Å². The first-order valence-electron chi connectivity index (χ1n) is 5.45. The van der Waals surface area contributed by atoms with Gasteiger partial charge in [-0.15, -0.1) is 0 Å². The van der Waals surface area contributed by atoms with Crippen LogP contribution in [0.1, 0.15) is 5.82 Å². The van der Waals surface area contributed by atoms with Crippen LogP contribution in [0.25, 0.3) is 10.9 Å². The summed E-state index contributed by atoms with van der Waals surface area (Å²) in [4.78, 5) is 8.35. The molecule has 0 bridgehead atoms. The first kappa shape index (κ1) is 11.0. The zero-order valence-electron chi connectivity index (χ0n) is 9.39. The van der Waals surface area contributed by atoms with Gasteiger partial charge in [-0.25, -0.2) is 4.98 Å². The van der Waals surface area contributed by atoms with Gasteiger partial charge in [0.25, 0.3) is 0 Å². The van der Waals surface area contributed by atoms with Gasteiger partial charge in [-0.05, 0) is 24.3 Å². The second-order valence-corrected chi connectivity index (χ2v) is 4.24. The molecule has 0 aliphatic rings. The average Bonchev–Trinajstić information content (AvgIpc) is 2.89. The van der Waals surface area contributed by atoms with Crippen LogP contribution >= 0.6 is 11.6 Å². The molecule has 0 saturated carbocycles. The van der Waals surface area contributed by atoms with E-state index in [0.29, 0.717) is 11.6 Å². The molecule has 0 unspecified atom stereocenters. The Morgan fingerprint density at radius 2 is 2.17 bits per heavy atom. The summed E-state index contributed by atoms with van der Waals surface area (Å²) in [6, 6.07) is 7.57. The molecule has 2 heterocycles. The summed E-state index contributed by atoms with van der Waals surface area (Å²) >= 11 is 5.95. The van der Waals surface area contributed by atoms with Gasteiger partial charge < -0.3 is 5.32 Å². The normalized spacial score (nSPS) is 10.7. The Labute approximate surface area is 108 Å². The lowest BCUT2D eigenvalue weighted by molar-refractivity contribution is 0.955. The van der Waals surface area contributed by atoms with Gasteiger partial charge >= 0.3 is 0 Å². The summed E-state index contributed by atoms with van der Waals surface area (Å²) in [5.41, 5.74) is 1.86. The molecule has 2 N–H and O–H groups in total. The van der Waals surface area contributed by atoms with Gasteiger partial charge in [0.05, 0.1) is 12.1 Å². The molecule has 5 nitrogen and oxygen atoms in total. The SMILES string of the molecule is Clc1ccc2c(NCc3ncn[nH]3)ccnc2c1. The van der Waals surface area contributed by atoms with E-state index in [1.54, 1.807) is 6.20 Å². The molecule has 0 aliphatic carbocycles. The Morgan fingerprint density at radius 1 is 1.22 bits per heavy atom. The minimum absolute atomic E-state index is 0.585. The number of rotatable bonds is 3. The van der Waals surface area contributed by atoms with Crippen molar-refractivity contribution in [3.63, 3.8) is 0 Å². The fourth-order valence-corrected chi connectivity index (χ4v) is 1.94. The first-order valence-corrected chi connectivity index (χ1v) is 5.83. The molecule has 18 heavy (non-hydrogen) atoms. The van der Waals surface area contributed by atoms with Gasteiger partial charge in [0.15, 0.2) is 0 Å². The number of benzene rings is 1. The first-order chi connectivity index (χ1) is 8.83. The van der Waals surface area contributed by atoms with Crippen LogP contribution in [0.3, 0.4) is 0 Å². The summed E-state index contributed by atoms with van der Waals surface area (Å²) in [7, 11) is 0. The van der Waals surface area contributed by atoms with Crippen LogP contribution in [0.15, 0.2) is 36.8 Å². The van der Waals surface area contributed by atoms with E-state index in [4.69, 9.17) is 11.6 Å². The Bertz CT molecular complexity index is 665. The number of pyridine rings is 1. The van der Waals surface area contributed by atoms with Gasteiger partial charge in [-0.2, -0.15) is 5.10 Å². The summed E-state index contributed by atoms with van der Waals surface area (Å²) in [5, 5.41) is 11.6. The highest BCUT2D eigenvalue weighted by molar-refractivity contribution is 6.31. The molecule has 2 aromatic heterocycles. The molecule has 0 saturated heterocycles. The summed E-state index contributed by atoms with van der Waals surface area (Å²) in [5.74, 6) is 0.786. The van der Waals surface area contributed by atoms with Crippen molar-refractivity contribution in [1.82, 2.24) is 20.2 Å². The summed E-state index contributed by atoms with van der Waals surface area (Å²) in [6.45, 7) is 0.585. The van der Waals surface area contributed by atoms with E-state index in [2.05, 4.69) is 25.5 Å². The van der Waals surface area contributed by atoms with Crippen LogP contribution in [-0.2, 0) is 6.54 Å². The van der Waals surface area contributed by atoms with Crippen LogP contribution in [0, 0.1) is 0 Å². The topological polar surface area (TPSA) is 66.5 Å². The average molecular weight is 260 g/mol. The van der Waals surface area contributed by atoms with Gasteiger partial charge in [0, 0.05) is 22.3 Å². The Hall–Kier alpha value is -2.14. The number of hydrogen-bond acceptors (Lipinski definition) is 4. The quantitative estimate of drug-likeness (QED) is 0.759. The standard InChI is InChI=1S/C12H10ClN5/c13-8-1-2-9-10(3-4-14-11(9)5-8)15-6-12-16-7-17-18-12/h1-5,7H,6H2,(H,14,15)(H,16,17,18). The molecular weight excluding hydrogens is 250 g/mol. The largest absolute Gasteiger partial charge is 0.377 e. The van der Waals surface area contributed by atoms with Crippen molar-refractivity contribution in [3.8, 4) is 0 Å². The summed E-state index contributed by atoms with van der Waals surface area (Å²) < 4.78 is 0. The predicted octanol–water partition coefficient (Wildman–Crippen LogP) is 2.62. The molecule has 0 radical (unpaired) electrons. The minimum Gasteiger partial charge on any atom is -0.377 e. The molecule has 0 aliphatic heterocycles. The van der Waals surface area contributed by atoms with Crippen LogP contribution in [0.4, 0.5) is 5.69 Å². The predicted molar refractivity (Wildman–Crippen MR) is 70.5 cm³/mol. The maximum atomic E-state index is 5.95. The molecule has 3 aromatic rings. The molecule has 1 aromatic carbocycles. The Balaban J connectivity index is 1.92. The number of H-pyrrole nitrogens is 1. The monoisotopic (exact) mass is 259 g/mol. The van der Waals surface area contributed by atoms with Crippen molar-refractivity contribution in [1.29, 1.82) is 0 Å². The van der Waals surface area contributed by atoms with E-state index in [1.165, 1.54) is 6.33 Å². The number of nitrogens with zero attached hydrogens (tertiary/aromatic N) is 3. The van der Waals surface area contributed by atoms with Crippen LogP contribution in [0.5, 0.6) is 0 Å². The third-order valence-corrected chi connectivity index (χ3v) is 2.85. The van der Waals surface area contributed by atoms with Gasteiger partial charge in [0.1, 0.15) is 12.2 Å². The second-order valence-electron chi connectivity index (χ2n) is 3.81. The lowest BCUT2D eigenvalue weighted by Gasteiger charge is -2.07. The van der Waals surface area contributed by atoms with E-state index in [9.17, 15) is 0 Å². The number of hydrogen-bond donors (Lipinski definition) is 2. The lowest BCUT2D eigenvalue weighted by atomic mass is 10.2. The molecule has 90 valence electrons. The molecule has 3 rings (SSSR count). The molecule has 6 heteroatoms. The van der Waals surface area contributed by atoms with Crippen molar-refractivity contribution in [2.75, 3.05) is 5.32 Å². The van der Waals surface area contributed by atoms with Crippen LogP contribution < -0.4 is 5.32 Å². The highest BCUT2D eigenvalue weighted by Gasteiger charge is 2.03. The van der Waals surface area contributed by atoms with Gasteiger partial charge in [-0.1, -0.05) is 11.6 Å². The third kappa shape index (κ3) is 2.12. The fourth-order valence-electron chi connectivity index (χ4n) is 1.77. The maximum absolute atomic E-state index is 5.95. The van der Waals surface area contributed by atoms with Crippen LogP contribution in [-0.4, -0.2) is 20.2 Å². The zero-order valence-corrected chi connectivity index (χ0v) is 10.1. The van der Waals surface area contributed by atoms with Gasteiger partial charge in [-0.3, -0.25) is 10.1 Å². The lowest BCUT2D eigenvalue weighted by Crippen LogP contribution is -2.02. The number of halogens is 1. The van der Waals surface area contributed by atoms with Crippen LogP contribution in [0.2, 0.25) is 5.02 Å².